The normalized spacial score (nSPS) is 12.8. The molecule has 20 heavy (non-hydrogen) atoms. The van der Waals surface area contributed by atoms with Gasteiger partial charge in [-0.15, -0.1) is 11.3 Å². The maximum Gasteiger partial charge on any atom is 0.0850 e. The van der Waals surface area contributed by atoms with E-state index in [4.69, 9.17) is 11.6 Å². The van der Waals surface area contributed by atoms with Crippen LogP contribution >= 0.6 is 22.9 Å². The minimum absolute atomic E-state index is 0.290. The molecule has 0 saturated heterocycles. The number of aryl methyl sites for hydroxylation is 3. The number of hydrogen-bond donors (Lipinski definition) is 1. The number of rotatable bonds is 6. The molecule has 2 aromatic rings. The van der Waals surface area contributed by atoms with Gasteiger partial charge in [0.05, 0.1) is 16.4 Å². The lowest BCUT2D eigenvalue weighted by atomic mass is 10.1. The predicted octanol–water partition coefficient (Wildman–Crippen LogP) is 3.99. The number of halogens is 1. The third kappa shape index (κ3) is 3.08. The molecule has 0 amide bonds. The van der Waals surface area contributed by atoms with Gasteiger partial charge in [0.25, 0.3) is 0 Å². The molecule has 1 N–H and O–H groups in total. The van der Waals surface area contributed by atoms with Gasteiger partial charge in [-0.1, -0.05) is 18.5 Å². The highest BCUT2D eigenvalue weighted by Crippen LogP contribution is 2.29. The van der Waals surface area contributed by atoms with Gasteiger partial charge in [0.1, 0.15) is 0 Å². The summed E-state index contributed by atoms with van der Waals surface area (Å²) in [4.78, 5) is 2.69. The quantitative estimate of drug-likeness (QED) is 0.874. The highest BCUT2D eigenvalue weighted by Gasteiger charge is 2.20. The van der Waals surface area contributed by atoms with Gasteiger partial charge < -0.3 is 5.32 Å². The van der Waals surface area contributed by atoms with Crippen molar-refractivity contribution >= 4 is 22.9 Å². The highest BCUT2D eigenvalue weighted by atomic mass is 35.5. The van der Waals surface area contributed by atoms with Crippen LogP contribution in [0.3, 0.4) is 0 Å². The number of nitrogens with one attached hydrogen (secondary N) is 1. The number of likely N-dealkylation sites (N-methyl/N-ethyl adjacent to an activating group) is 1. The molecule has 0 aliphatic rings. The Morgan fingerprint density at radius 3 is 2.65 bits per heavy atom. The average Bonchev–Trinajstić information content (AvgIpc) is 3.00. The van der Waals surface area contributed by atoms with E-state index in [1.165, 1.54) is 9.75 Å². The fraction of sp³-hybridized carbons (Fsp3) is 0.533. The smallest absolute Gasteiger partial charge is 0.0850 e. The first-order valence-electron chi connectivity index (χ1n) is 7.08. The topological polar surface area (TPSA) is 29.9 Å². The standard InChI is InChI=1S/C15H22ClN3S/c1-5-11-15(16)13(19(6-2)18-11)9-12(17-4)14-8-7-10(3)20-14/h7-8,12,17H,5-6,9H2,1-4H3. The van der Waals surface area contributed by atoms with Crippen LogP contribution < -0.4 is 5.32 Å². The Hall–Kier alpha value is -0.840. The van der Waals surface area contributed by atoms with Crippen molar-refractivity contribution in [2.75, 3.05) is 7.05 Å². The van der Waals surface area contributed by atoms with Crippen LogP contribution in [-0.4, -0.2) is 16.8 Å². The number of nitrogens with zero attached hydrogens (tertiary/aromatic N) is 2. The molecule has 2 aromatic heterocycles. The van der Waals surface area contributed by atoms with Crippen LogP contribution in [0.5, 0.6) is 0 Å². The van der Waals surface area contributed by atoms with E-state index < -0.39 is 0 Å². The van der Waals surface area contributed by atoms with E-state index in [-0.39, 0.29) is 6.04 Å². The molecule has 0 aromatic carbocycles. The SMILES string of the molecule is CCc1nn(CC)c(CC(NC)c2ccc(C)s2)c1Cl. The summed E-state index contributed by atoms with van der Waals surface area (Å²) in [6, 6.07) is 4.65. The summed E-state index contributed by atoms with van der Waals surface area (Å²) in [5, 5.41) is 8.83. The first kappa shape index (κ1) is 15.5. The van der Waals surface area contributed by atoms with Crippen molar-refractivity contribution in [3.05, 3.63) is 38.3 Å². The van der Waals surface area contributed by atoms with Gasteiger partial charge in [0.15, 0.2) is 0 Å². The number of hydrogen-bond acceptors (Lipinski definition) is 3. The summed E-state index contributed by atoms with van der Waals surface area (Å²) in [6.07, 6.45) is 1.75. The molecule has 3 nitrogen and oxygen atoms in total. The van der Waals surface area contributed by atoms with Crippen LogP contribution in [0, 0.1) is 6.92 Å². The molecule has 0 radical (unpaired) electrons. The van der Waals surface area contributed by atoms with Crippen molar-refractivity contribution < 1.29 is 0 Å². The van der Waals surface area contributed by atoms with E-state index in [0.717, 1.165) is 35.8 Å². The van der Waals surface area contributed by atoms with E-state index in [1.54, 1.807) is 0 Å². The van der Waals surface area contributed by atoms with Gasteiger partial charge >= 0.3 is 0 Å². The number of aromatic nitrogens is 2. The van der Waals surface area contributed by atoms with Gasteiger partial charge in [-0.25, -0.2) is 0 Å². The molecule has 0 spiro atoms. The van der Waals surface area contributed by atoms with Crippen LogP contribution in [0.15, 0.2) is 12.1 Å². The molecule has 2 heterocycles. The van der Waals surface area contributed by atoms with Gasteiger partial charge in [0, 0.05) is 28.8 Å². The molecule has 1 atom stereocenters. The van der Waals surface area contributed by atoms with Crippen molar-refractivity contribution in [3.8, 4) is 0 Å². The van der Waals surface area contributed by atoms with Crippen molar-refractivity contribution in [3.63, 3.8) is 0 Å². The molecular formula is C15H22ClN3S. The molecule has 0 saturated carbocycles. The molecule has 0 bridgehead atoms. The third-order valence-electron chi connectivity index (χ3n) is 3.54. The summed E-state index contributed by atoms with van der Waals surface area (Å²) in [7, 11) is 2.00. The Balaban J connectivity index is 2.29. The van der Waals surface area contributed by atoms with Crippen LogP contribution in [-0.2, 0) is 19.4 Å². The first-order valence-corrected chi connectivity index (χ1v) is 8.27. The molecule has 0 aliphatic carbocycles. The highest BCUT2D eigenvalue weighted by molar-refractivity contribution is 7.12. The predicted molar refractivity (Wildman–Crippen MR) is 86.8 cm³/mol. The number of thiophene rings is 1. The Labute approximate surface area is 130 Å². The van der Waals surface area contributed by atoms with Crippen molar-refractivity contribution in [2.24, 2.45) is 0 Å². The van der Waals surface area contributed by atoms with Crippen LogP contribution in [0.2, 0.25) is 5.02 Å². The lowest BCUT2D eigenvalue weighted by Crippen LogP contribution is -2.19. The summed E-state index contributed by atoms with van der Waals surface area (Å²) >= 11 is 8.33. The zero-order valence-corrected chi connectivity index (χ0v) is 14.1. The van der Waals surface area contributed by atoms with Gasteiger partial charge in [-0.05, 0) is 39.4 Å². The summed E-state index contributed by atoms with van der Waals surface area (Å²) < 4.78 is 2.03. The van der Waals surface area contributed by atoms with Crippen molar-refractivity contribution in [1.82, 2.24) is 15.1 Å². The zero-order valence-electron chi connectivity index (χ0n) is 12.5. The molecule has 5 heteroatoms. The maximum atomic E-state index is 6.49. The van der Waals surface area contributed by atoms with E-state index in [0.29, 0.717) is 0 Å². The van der Waals surface area contributed by atoms with Crippen molar-refractivity contribution in [1.29, 1.82) is 0 Å². The lowest BCUT2D eigenvalue weighted by Gasteiger charge is -2.15. The Bertz CT molecular complexity index is 574. The minimum atomic E-state index is 0.290. The van der Waals surface area contributed by atoms with Crippen molar-refractivity contribution in [2.45, 2.75) is 46.2 Å². The van der Waals surface area contributed by atoms with E-state index in [2.05, 4.69) is 43.3 Å². The maximum absolute atomic E-state index is 6.49. The largest absolute Gasteiger partial charge is 0.312 e. The molecule has 110 valence electrons. The fourth-order valence-electron chi connectivity index (χ4n) is 2.39. The van der Waals surface area contributed by atoms with E-state index in [9.17, 15) is 0 Å². The molecule has 0 aliphatic heterocycles. The summed E-state index contributed by atoms with van der Waals surface area (Å²) in [5.74, 6) is 0. The lowest BCUT2D eigenvalue weighted by molar-refractivity contribution is 0.546. The molecule has 2 rings (SSSR count). The summed E-state index contributed by atoms with van der Waals surface area (Å²) in [6.45, 7) is 7.19. The zero-order chi connectivity index (χ0) is 14.7. The van der Waals surface area contributed by atoms with E-state index >= 15 is 0 Å². The van der Waals surface area contributed by atoms with Crippen LogP contribution in [0.4, 0.5) is 0 Å². The van der Waals surface area contributed by atoms with Crippen LogP contribution in [0.1, 0.15) is 41.0 Å². The average molecular weight is 312 g/mol. The molecule has 0 fully saturated rings. The monoisotopic (exact) mass is 311 g/mol. The minimum Gasteiger partial charge on any atom is -0.312 e. The molecule has 1 unspecified atom stereocenters. The summed E-state index contributed by atoms with van der Waals surface area (Å²) in [5.41, 5.74) is 2.14. The van der Waals surface area contributed by atoms with E-state index in [1.807, 2.05) is 23.1 Å². The molecular weight excluding hydrogens is 290 g/mol. The Morgan fingerprint density at radius 1 is 1.40 bits per heavy atom. The van der Waals surface area contributed by atoms with Gasteiger partial charge in [-0.3, -0.25) is 4.68 Å². The fourth-order valence-corrected chi connectivity index (χ4v) is 3.72. The first-order chi connectivity index (χ1) is 9.60. The van der Waals surface area contributed by atoms with Crippen LogP contribution in [0.25, 0.3) is 0 Å². The Morgan fingerprint density at radius 2 is 2.15 bits per heavy atom. The second-order valence-electron chi connectivity index (χ2n) is 4.87. The van der Waals surface area contributed by atoms with Gasteiger partial charge in [0.2, 0.25) is 0 Å². The Kier molecular flexibility index (Phi) is 5.24. The third-order valence-corrected chi connectivity index (χ3v) is 5.10. The second kappa shape index (κ2) is 6.74. The van der Waals surface area contributed by atoms with Gasteiger partial charge in [-0.2, -0.15) is 5.10 Å². The second-order valence-corrected chi connectivity index (χ2v) is 6.57.